The van der Waals surface area contributed by atoms with E-state index in [1.165, 1.54) is 11.3 Å². The Bertz CT molecular complexity index is 1020. The molecule has 0 fully saturated rings. The fourth-order valence-corrected chi connectivity index (χ4v) is 3.85. The monoisotopic (exact) mass is 491 g/mol. The summed E-state index contributed by atoms with van der Waals surface area (Å²) in [6, 6.07) is 3.73. The van der Waals surface area contributed by atoms with E-state index in [1.54, 1.807) is 31.9 Å². The quantitative estimate of drug-likeness (QED) is 0.485. The van der Waals surface area contributed by atoms with Crippen molar-refractivity contribution in [1.82, 2.24) is 25.3 Å². The number of carbonyl (C=O) groups excluding carboxylic acids is 1. The lowest BCUT2D eigenvalue weighted by Gasteiger charge is -2.30. The smallest absolute Gasteiger partial charge is 0.281 e. The predicted octanol–water partition coefficient (Wildman–Crippen LogP) is 3.84. The minimum absolute atomic E-state index is 0.291. The number of rotatable bonds is 9. The Kier molecular flexibility index (Phi) is 7.46. The van der Waals surface area contributed by atoms with Gasteiger partial charge in [-0.1, -0.05) is 15.9 Å². The molecule has 1 atom stereocenters. The van der Waals surface area contributed by atoms with Gasteiger partial charge in [-0.15, -0.1) is 11.3 Å². The van der Waals surface area contributed by atoms with Gasteiger partial charge in [-0.3, -0.25) is 14.8 Å². The highest BCUT2D eigenvalue weighted by atomic mass is 79.9. The predicted molar refractivity (Wildman–Crippen MR) is 118 cm³/mol. The van der Waals surface area contributed by atoms with Crippen molar-refractivity contribution < 1.29 is 14.3 Å². The van der Waals surface area contributed by atoms with E-state index in [9.17, 15) is 4.79 Å². The van der Waals surface area contributed by atoms with Gasteiger partial charge in [0, 0.05) is 30.6 Å². The van der Waals surface area contributed by atoms with E-state index in [0.29, 0.717) is 36.2 Å². The summed E-state index contributed by atoms with van der Waals surface area (Å²) in [7, 11) is 1.63. The molecule has 0 radical (unpaired) electrons. The Morgan fingerprint density at radius 1 is 1.30 bits per heavy atom. The maximum Gasteiger partial charge on any atom is 0.281 e. The molecule has 3 rings (SSSR count). The molecule has 0 saturated carbocycles. The lowest BCUT2D eigenvalue weighted by atomic mass is 9.93. The van der Waals surface area contributed by atoms with Gasteiger partial charge in [-0.05, 0) is 32.4 Å². The summed E-state index contributed by atoms with van der Waals surface area (Å²) in [5.74, 6) is 0.142. The summed E-state index contributed by atoms with van der Waals surface area (Å²) in [6.07, 6.45) is 7.03. The highest BCUT2D eigenvalue weighted by Gasteiger charge is 2.31. The van der Waals surface area contributed by atoms with E-state index in [1.807, 2.05) is 26.0 Å². The topological polar surface area (TPSA) is 99.1 Å². The minimum atomic E-state index is -0.725. The second-order valence-corrected chi connectivity index (χ2v) is 8.54. The first-order valence-corrected chi connectivity index (χ1v) is 10.9. The average Bonchev–Trinajstić information content (AvgIpc) is 3.23. The Hall–Kier alpha value is -2.43. The van der Waals surface area contributed by atoms with E-state index < -0.39 is 5.54 Å². The summed E-state index contributed by atoms with van der Waals surface area (Å²) < 4.78 is 11.5. The van der Waals surface area contributed by atoms with E-state index in [4.69, 9.17) is 9.47 Å². The number of aromatic nitrogens is 4. The standard InChI is InChI=1S/C20H22BrN5O3S/c1-4-29-17-12-22-10-14(25-17)15-11-24-19(30-15)18(27)26-20(2,6-8-28-3)16-9-13(21)5-7-23-16/h5,7,9-12H,4,6,8H2,1-3H3,(H,26,27). The molecule has 0 aliphatic heterocycles. The molecule has 0 bridgehead atoms. The summed E-state index contributed by atoms with van der Waals surface area (Å²) in [6.45, 7) is 4.76. The van der Waals surface area contributed by atoms with Crippen LogP contribution in [0, 0.1) is 0 Å². The average molecular weight is 492 g/mol. The van der Waals surface area contributed by atoms with Gasteiger partial charge in [0.1, 0.15) is 5.69 Å². The van der Waals surface area contributed by atoms with Crippen molar-refractivity contribution in [3.63, 3.8) is 0 Å². The van der Waals surface area contributed by atoms with Crippen molar-refractivity contribution in [1.29, 1.82) is 0 Å². The zero-order valence-corrected chi connectivity index (χ0v) is 19.3. The molecule has 158 valence electrons. The van der Waals surface area contributed by atoms with Crippen LogP contribution in [-0.2, 0) is 10.3 Å². The first-order valence-electron chi connectivity index (χ1n) is 9.29. The van der Waals surface area contributed by atoms with Gasteiger partial charge < -0.3 is 14.8 Å². The number of amides is 1. The Morgan fingerprint density at radius 3 is 2.87 bits per heavy atom. The van der Waals surface area contributed by atoms with Crippen LogP contribution in [0.15, 0.2) is 41.4 Å². The van der Waals surface area contributed by atoms with Crippen molar-refractivity contribution in [2.24, 2.45) is 0 Å². The van der Waals surface area contributed by atoms with Crippen LogP contribution in [0.2, 0.25) is 0 Å². The highest BCUT2D eigenvalue weighted by molar-refractivity contribution is 9.10. The zero-order valence-electron chi connectivity index (χ0n) is 16.9. The number of pyridine rings is 1. The van der Waals surface area contributed by atoms with Crippen molar-refractivity contribution >= 4 is 33.2 Å². The normalized spacial score (nSPS) is 12.9. The van der Waals surface area contributed by atoms with Crippen LogP contribution in [0.4, 0.5) is 0 Å². The molecular formula is C20H22BrN5O3S. The van der Waals surface area contributed by atoms with Crippen LogP contribution in [0.3, 0.4) is 0 Å². The van der Waals surface area contributed by atoms with Gasteiger partial charge in [0.2, 0.25) is 5.88 Å². The Balaban J connectivity index is 1.82. The molecule has 3 heterocycles. The Labute approximate surface area is 187 Å². The fourth-order valence-electron chi connectivity index (χ4n) is 2.75. The summed E-state index contributed by atoms with van der Waals surface area (Å²) in [5.41, 5.74) is 0.611. The van der Waals surface area contributed by atoms with E-state index >= 15 is 0 Å². The van der Waals surface area contributed by atoms with Gasteiger partial charge >= 0.3 is 0 Å². The molecule has 0 aliphatic rings. The van der Waals surface area contributed by atoms with Gasteiger partial charge in [0.25, 0.3) is 5.91 Å². The molecule has 0 aliphatic carbocycles. The number of methoxy groups -OCH3 is 1. The molecule has 10 heteroatoms. The summed E-state index contributed by atoms with van der Waals surface area (Å²) in [5, 5.41) is 3.40. The molecule has 8 nitrogen and oxygen atoms in total. The summed E-state index contributed by atoms with van der Waals surface area (Å²) in [4.78, 5) is 31.0. The van der Waals surface area contributed by atoms with Crippen molar-refractivity contribution in [3.8, 4) is 16.5 Å². The molecule has 0 aromatic carbocycles. The van der Waals surface area contributed by atoms with Crippen LogP contribution in [-0.4, -0.2) is 46.2 Å². The largest absolute Gasteiger partial charge is 0.477 e. The number of halogens is 1. The molecule has 3 aromatic heterocycles. The molecule has 1 N–H and O–H groups in total. The first-order chi connectivity index (χ1) is 14.4. The molecule has 3 aromatic rings. The Morgan fingerprint density at radius 2 is 2.13 bits per heavy atom. The maximum atomic E-state index is 13.0. The molecule has 30 heavy (non-hydrogen) atoms. The third-order valence-electron chi connectivity index (χ3n) is 4.34. The van der Waals surface area contributed by atoms with Gasteiger partial charge in [-0.2, -0.15) is 0 Å². The SMILES string of the molecule is CCOc1cncc(-c2cnc(C(=O)NC(C)(CCOC)c3cc(Br)ccn3)s2)n1. The van der Waals surface area contributed by atoms with Crippen LogP contribution in [0.25, 0.3) is 10.6 Å². The lowest BCUT2D eigenvalue weighted by Crippen LogP contribution is -2.45. The number of nitrogens with zero attached hydrogens (tertiary/aromatic N) is 4. The number of hydrogen-bond donors (Lipinski definition) is 1. The van der Waals surface area contributed by atoms with Crippen molar-refractivity contribution in [3.05, 3.63) is 52.1 Å². The summed E-state index contributed by atoms with van der Waals surface area (Å²) >= 11 is 4.70. The number of carbonyl (C=O) groups is 1. The third-order valence-corrected chi connectivity index (χ3v) is 5.85. The number of nitrogens with one attached hydrogen (secondary N) is 1. The van der Waals surface area contributed by atoms with Crippen LogP contribution < -0.4 is 10.1 Å². The number of hydrogen-bond acceptors (Lipinski definition) is 8. The van der Waals surface area contributed by atoms with Gasteiger partial charge in [0.15, 0.2) is 5.01 Å². The molecule has 1 unspecified atom stereocenters. The maximum absolute atomic E-state index is 13.0. The van der Waals surface area contributed by atoms with Crippen molar-refractivity contribution in [2.45, 2.75) is 25.8 Å². The fraction of sp³-hybridized carbons (Fsp3) is 0.350. The van der Waals surface area contributed by atoms with Crippen LogP contribution in [0.1, 0.15) is 35.8 Å². The van der Waals surface area contributed by atoms with E-state index in [0.717, 1.165) is 15.0 Å². The first kappa shape index (κ1) is 22.3. The van der Waals surface area contributed by atoms with Gasteiger partial charge in [-0.25, -0.2) is 9.97 Å². The third kappa shape index (κ3) is 5.38. The second kappa shape index (κ2) is 10.1. The zero-order chi connectivity index (χ0) is 21.6. The van der Waals surface area contributed by atoms with Crippen molar-refractivity contribution in [2.75, 3.05) is 20.3 Å². The number of thiazole rings is 1. The number of ether oxygens (including phenoxy) is 2. The molecule has 0 spiro atoms. The highest BCUT2D eigenvalue weighted by Crippen LogP contribution is 2.28. The minimum Gasteiger partial charge on any atom is -0.477 e. The second-order valence-electron chi connectivity index (χ2n) is 6.59. The van der Waals surface area contributed by atoms with E-state index in [2.05, 4.69) is 41.2 Å². The molecule has 1 amide bonds. The van der Waals surface area contributed by atoms with E-state index in [-0.39, 0.29) is 5.91 Å². The van der Waals surface area contributed by atoms with Gasteiger partial charge in [0.05, 0.1) is 35.1 Å². The lowest BCUT2D eigenvalue weighted by molar-refractivity contribution is 0.0869. The molecule has 0 saturated heterocycles. The molecular weight excluding hydrogens is 470 g/mol. The van der Waals surface area contributed by atoms with Crippen LogP contribution >= 0.6 is 27.3 Å². The van der Waals surface area contributed by atoms with Crippen LogP contribution in [0.5, 0.6) is 5.88 Å².